The summed E-state index contributed by atoms with van der Waals surface area (Å²) in [5.41, 5.74) is 2.91. The molecule has 0 atom stereocenters. The van der Waals surface area contributed by atoms with Gasteiger partial charge >= 0.3 is 6.01 Å². The highest BCUT2D eigenvalue weighted by atomic mass is 16.7. The van der Waals surface area contributed by atoms with Crippen molar-refractivity contribution >= 4 is 6.01 Å². The van der Waals surface area contributed by atoms with Crippen LogP contribution in [0.25, 0.3) is 0 Å². The average molecular weight is 141 g/mol. The Labute approximate surface area is 57.5 Å². The second kappa shape index (κ2) is 2.28. The minimum atomic E-state index is 0.442. The first-order valence-electron chi connectivity index (χ1n) is 3.03. The van der Waals surface area contributed by atoms with Gasteiger partial charge in [0.15, 0.2) is 0 Å². The molecule has 54 valence electrons. The lowest BCUT2D eigenvalue weighted by molar-refractivity contribution is 0.143. The second-order valence-electron chi connectivity index (χ2n) is 1.85. The van der Waals surface area contributed by atoms with Crippen molar-refractivity contribution in [3.63, 3.8) is 0 Å². The number of hydrazine groups is 1. The van der Waals surface area contributed by atoms with Crippen molar-refractivity contribution in [1.82, 2.24) is 10.4 Å². The van der Waals surface area contributed by atoms with E-state index in [0.717, 1.165) is 6.54 Å². The van der Waals surface area contributed by atoms with Crippen LogP contribution in [0.3, 0.4) is 0 Å². The van der Waals surface area contributed by atoms with Gasteiger partial charge < -0.3 is 4.42 Å². The van der Waals surface area contributed by atoms with Gasteiger partial charge in [-0.3, -0.25) is 4.84 Å². The Hall–Kier alpha value is -1.07. The van der Waals surface area contributed by atoms with E-state index in [1.165, 1.54) is 11.4 Å². The Balaban J connectivity index is 2.12. The number of anilines is 1. The fraction of sp³-hybridized carbons (Fsp3) is 0.400. The van der Waals surface area contributed by atoms with Crippen molar-refractivity contribution in [2.45, 2.75) is 0 Å². The minimum absolute atomic E-state index is 0.442. The van der Waals surface area contributed by atoms with Crippen LogP contribution in [0.1, 0.15) is 0 Å². The maximum absolute atomic E-state index is 5.06. The Bertz CT molecular complexity index is 193. The summed E-state index contributed by atoms with van der Waals surface area (Å²) < 4.78 is 4.94. The molecule has 0 bridgehead atoms. The van der Waals surface area contributed by atoms with E-state index in [2.05, 4.69) is 10.4 Å². The molecule has 2 heterocycles. The van der Waals surface area contributed by atoms with E-state index in [1.54, 1.807) is 6.20 Å². The Morgan fingerprint density at radius 1 is 1.70 bits per heavy atom. The molecule has 5 heteroatoms. The minimum Gasteiger partial charge on any atom is -0.430 e. The van der Waals surface area contributed by atoms with Crippen LogP contribution in [0, 0.1) is 0 Å². The summed E-state index contributed by atoms with van der Waals surface area (Å²) in [6.07, 6.45) is 3.07. The molecular formula is C5H7N3O2. The van der Waals surface area contributed by atoms with E-state index < -0.39 is 0 Å². The van der Waals surface area contributed by atoms with Gasteiger partial charge in [-0.15, -0.1) is 5.17 Å². The number of oxazole rings is 1. The van der Waals surface area contributed by atoms with Crippen LogP contribution in [-0.2, 0) is 4.84 Å². The maximum atomic E-state index is 5.06. The molecule has 0 saturated carbocycles. The Morgan fingerprint density at radius 3 is 3.30 bits per heavy atom. The molecule has 5 nitrogen and oxygen atoms in total. The molecule has 1 aromatic rings. The van der Waals surface area contributed by atoms with Gasteiger partial charge in [0.05, 0.1) is 12.8 Å². The van der Waals surface area contributed by atoms with Gasteiger partial charge in [0.2, 0.25) is 0 Å². The number of nitrogens with one attached hydrogen (secondary N) is 1. The standard InChI is InChI=1S/C5H7N3O2/c1-3-9-5(6-1)8-7-2-4-10-8/h1,3,7H,2,4H2. The van der Waals surface area contributed by atoms with Crippen LogP contribution < -0.4 is 10.6 Å². The second-order valence-corrected chi connectivity index (χ2v) is 1.85. The number of aromatic nitrogens is 1. The zero-order valence-corrected chi connectivity index (χ0v) is 5.28. The maximum Gasteiger partial charge on any atom is 0.337 e. The van der Waals surface area contributed by atoms with Gasteiger partial charge in [0, 0.05) is 6.54 Å². The number of hydrogen-bond donors (Lipinski definition) is 1. The van der Waals surface area contributed by atoms with Crippen molar-refractivity contribution in [2.75, 3.05) is 18.3 Å². The van der Waals surface area contributed by atoms with Gasteiger partial charge in [-0.05, 0) is 0 Å². The highest BCUT2D eigenvalue weighted by molar-refractivity contribution is 5.17. The molecule has 1 saturated heterocycles. The summed E-state index contributed by atoms with van der Waals surface area (Å²) in [5, 5.41) is 1.42. The lowest BCUT2D eigenvalue weighted by Crippen LogP contribution is -2.29. The summed E-state index contributed by atoms with van der Waals surface area (Å²) >= 11 is 0. The zero-order chi connectivity index (χ0) is 6.81. The normalized spacial score (nSPS) is 18.2. The van der Waals surface area contributed by atoms with Crippen LogP contribution in [-0.4, -0.2) is 18.1 Å². The molecule has 0 aliphatic carbocycles. The zero-order valence-electron chi connectivity index (χ0n) is 5.28. The number of hydrogen-bond acceptors (Lipinski definition) is 5. The van der Waals surface area contributed by atoms with E-state index in [0.29, 0.717) is 12.6 Å². The average Bonchev–Trinajstić information content (AvgIpc) is 2.59. The van der Waals surface area contributed by atoms with Gasteiger partial charge in [-0.1, -0.05) is 0 Å². The molecule has 0 spiro atoms. The van der Waals surface area contributed by atoms with Crippen LogP contribution >= 0.6 is 0 Å². The monoisotopic (exact) mass is 141 g/mol. The summed E-state index contributed by atoms with van der Waals surface area (Å²) in [7, 11) is 0. The molecule has 2 rings (SSSR count). The van der Waals surface area contributed by atoms with Gasteiger partial charge in [0.25, 0.3) is 0 Å². The van der Waals surface area contributed by atoms with Gasteiger partial charge in [0.1, 0.15) is 6.26 Å². The Kier molecular flexibility index (Phi) is 1.30. The summed E-state index contributed by atoms with van der Waals surface area (Å²) in [6.45, 7) is 1.45. The van der Waals surface area contributed by atoms with E-state index >= 15 is 0 Å². The van der Waals surface area contributed by atoms with E-state index in [1.807, 2.05) is 0 Å². The van der Waals surface area contributed by atoms with Gasteiger partial charge in [-0.25, -0.2) is 5.43 Å². The van der Waals surface area contributed by atoms with Crippen LogP contribution in [0.5, 0.6) is 0 Å². The smallest absolute Gasteiger partial charge is 0.337 e. The fourth-order valence-corrected chi connectivity index (χ4v) is 0.769. The van der Waals surface area contributed by atoms with Crippen molar-refractivity contribution in [1.29, 1.82) is 0 Å². The summed E-state index contributed by atoms with van der Waals surface area (Å²) in [5.74, 6) is 0. The third kappa shape index (κ3) is 0.850. The van der Waals surface area contributed by atoms with E-state index in [4.69, 9.17) is 9.25 Å². The molecule has 1 aromatic heterocycles. The van der Waals surface area contributed by atoms with Crippen molar-refractivity contribution in [2.24, 2.45) is 0 Å². The lowest BCUT2D eigenvalue weighted by Gasteiger charge is -2.08. The van der Waals surface area contributed by atoms with Crippen LogP contribution in [0.2, 0.25) is 0 Å². The predicted octanol–water partition coefficient (Wildman–Crippen LogP) is -0.0692. The fourth-order valence-electron chi connectivity index (χ4n) is 0.769. The first-order chi connectivity index (χ1) is 4.97. The first kappa shape index (κ1) is 5.70. The summed E-state index contributed by atoms with van der Waals surface area (Å²) in [4.78, 5) is 8.93. The Morgan fingerprint density at radius 2 is 2.70 bits per heavy atom. The molecular weight excluding hydrogens is 134 g/mol. The van der Waals surface area contributed by atoms with Crippen molar-refractivity contribution in [3.05, 3.63) is 12.5 Å². The molecule has 1 aliphatic rings. The van der Waals surface area contributed by atoms with E-state index in [9.17, 15) is 0 Å². The highest BCUT2D eigenvalue weighted by Crippen LogP contribution is 2.09. The molecule has 10 heavy (non-hydrogen) atoms. The largest absolute Gasteiger partial charge is 0.430 e. The molecule has 1 aliphatic heterocycles. The molecule has 0 radical (unpaired) electrons. The quantitative estimate of drug-likeness (QED) is 0.593. The van der Waals surface area contributed by atoms with Crippen molar-refractivity contribution in [3.8, 4) is 0 Å². The van der Waals surface area contributed by atoms with Crippen LogP contribution in [0.4, 0.5) is 6.01 Å². The predicted molar refractivity (Wildman–Crippen MR) is 32.9 cm³/mol. The third-order valence-electron chi connectivity index (χ3n) is 1.17. The molecule has 1 fully saturated rings. The molecule has 0 amide bonds. The highest BCUT2D eigenvalue weighted by Gasteiger charge is 2.15. The van der Waals surface area contributed by atoms with Gasteiger partial charge in [-0.2, -0.15) is 4.98 Å². The van der Waals surface area contributed by atoms with Crippen molar-refractivity contribution < 1.29 is 9.25 Å². The topological polar surface area (TPSA) is 50.5 Å². The first-order valence-corrected chi connectivity index (χ1v) is 3.03. The lowest BCUT2D eigenvalue weighted by atomic mass is 10.8. The molecule has 0 unspecified atom stereocenters. The summed E-state index contributed by atoms with van der Waals surface area (Å²) in [6, 6.07) is 0.442. The third-order valence-corrected chi connectivity index (χ3v) is 1.17. The SMILES string of the molecule is c1coc(N2NCCO2)n1. The van der Waals surface area contributed by atoms with E-state index in [-0.39, 0.29) is 0 Å². The van der Waals surface area contributed by atoms with Crippen LogP contribution in [0.15, 0.2) is 16.9 Å². The molecule has 0 aromatic carbocycles. The number of rotatable bonds is 1. The molecule has 1 N–H and O–H groups in total. The number of nitrogens with zero attached hydrogens (tertiary/aromatic N) is 2.